The van der Waals surface area contributed by atoms with Gasteiger partial charge in [0.2, 0.25) is 0 Å². The first-order valence-corrected chi connectivity index (χ1v) is 5.98. The summed E-state index contributed by atoms with van der Waals surface area (Å²) in [5.74, 6) is 1.06. The third-order valence-electron chi connectivity index (χ3n) is 2.73. The first-order valence-electron chi connectivity index (χ1n) is 5.98. The van der Waals surface area contributed by atoms with Crippen LogP contribution in [-0.4, -0.2) is 20.9 Å². The zero-order valence-corrected chi connectivity index (χ0v) is 10.7. The van der Waals surface area contributed by atoms with E-state index in [1.54, 1.807) is 37.9 Å². The van der Waals surface area contributed by atoms with Gasteiger partial charge in [-0.25, -0.2) is 0 Å². The van der Waals surface area contributed by atoms with Gasteiger partial charge in [-0.2, -0.15) is 0 Å². The third kappa shape index (κ3) is 2.46. The molecular weight excluding hydrogens is 260 g/mol. The molecule has 0 aliphatic rings. The Bertz CT molecular complexity index is 712. The van der Waals surface area contributed by atoms with Gasteiger partial charge in [-0.1, -0.05) is 5.21 Å². The molecule has 0 saturated heterocycles. The topological polar surface area (TPSA) is 86.1 Å². The molecule has 1 N–H and O–H groups in total. The molecule has 3 heterocycles. The van der Waals surface area contributed by atoms with E-state index >= 15 is 0 Å². The normalized spacial score (nSPS) is 10.7. The van der Waals surface area contributed by atoms with Gasteiger partial charge in [0.1, 0.15) is 17.8 Å². The van der Waals surface area contributed by atoms with Crippen molar-refractivity contribution in [3.63, 3.8) is 0 Å². The summed E-state index contributed by atoms with van der Waals surface area (Å²) in [6.45, 7) is 0.285. The number of amides is 1. The lowest BCUT2D eigenvalue weighted by atomic mass is 10.3. The number of hydrogen-bond donors (Lipinski definition) is 1. The second-order valence-electron chi connectivity index (χ2n) is 4.24. The van der Waals surface area contributed by atoms with Crippen molar-refractivity contribution in [1.82, 2.24) is 20.3 Å². The van der Waals surface area contributed by atoms with E-state index < -0.39 is 0 Å². The maximum absolute atomic E-state index is 11.8. The highest BCUT2D eigenvalue weighted by Gasteiger charge is 2.11. The molecule has 102 valence electrons. The van der Waals surface area contributed by atoms with Crippen LogP contribution in [0.2, 0.25) is 0 Å². The number of carbonyl (C=O) groups excluding carboxylic acids is 1. The van der Waals surface area contributed by atoms with Crippen LogP contribution in [0.25, 0.3) is 11.3 Å². The lowest BCUT2D eigenvalue weighted by Gasteiger charge is -1.99. The first kappa shape index (κ1) is 12.2. The van der Waals surface area contributed by atoms with Gasteiger partial charge in [-0.05, 0) is 18.2 Å². The lowest BCUT2D eigenvalue weighted by molar-refractivity contribution is 0.0943. The number of hydrogen-bond acceptors (Lipinski definition) is 5. The van der Waals surface area contributed by atoms with E-state index in [0.29, 0.717) is 11.5 Å². The van der Waals surface area contributed by atoms with Crippen LogP contribution in [0.15, 0.2) is 45.8 Å². The summed E-state index contributed by atoms with van der Waals surface area (Å²) in [6, 6.07) is 5.44. The summed E-state index contributed by atoms with van der Waals surface area (Å²) in [7, 11) is 1.70. The van der Waals surface area contributed by atoms with Gasteiger partial charge in [0.25, 0.3) is 5.91 Å². The molecule has 1 amide bonds. The number of nitrogens with zero attached hydrogens (tertiary/aromatic N) is 3. The summed E-state index contributed by atoms with van der Waals surface area (Å²) in [5, 5.41) is 10.1. The highest BCUT2D eigenvalue weighted by molar-refractivity contribution is 5.91. The summed E-state index contributed by atoms with van der Waals surface area (Å²) >= 11 is 0. The van der Waals surface area contributed by atoms with E-state index in [2.05, 4.69) is 15.6 Å². The predicted molar refractivity (Wildman–Crippen MR) is 68.6 cm³/mol. The van der Waals surface area contributed by atoms with Crippen LogP contribution in [0.5, 0.6) is 0 Å². The van der Waals surface area contributed by atoms with Crippen LogP contribution in [-0.2, 0) is 13.6 Å². The van der Waals surface area contributed by atoms with Crippen molar-refractivity contribution in [1.29, 1.82) is 0 Å². The first-order chi connectivity index (χ1) is 9.72. The Kier molecular flexibility index (Phi) is 3.08. The molecule has 7 nitrogen and oxygen atoms in total. The number of aryl methyl sites for hydroxylation is 1. The maximum atomic E-state index is 11.8. The Labute approximate surface area is 114 Å². The van der Waals surface area contributed by atoms with E-state index in [0.717, 1.165) is 5.56 Å². The zero-order chi connectivity index (χ0) is 13.9. The number of nitrogens with one attached hydrogen (secondary N) is 1. The Morgan fingerprint density at radius 1 is 1.40 bits per heavy atom. The minimum Gasteiger partial charge on any atom is -0.472 e. The lowest BCUT2D eigenvalue weighted by Crippen LogP contribution is -2.22. The largest absolute Gasteiger partial charge is 0.472 e. The van der Waals surface area contributed by atoms with Crippen molar-refractivity contribution in [2.75, 3.05) is 0 Å². The van der Waals surface area contributed by atoms with Crippen molar-refractivity contribution in [2.24, 2.45) is 7.05 Å². The van der Waals surface area contributed by atoms with Crippen LogP contribution in [0, 0.1) is 0 Å². The Morgan fingerprint density at radius 2 is 2.30 bits per heavy atom. The molecule has 0 aliphatic heterocycles. The minimum absolute atomic E-state index is 0.272. The summed E-state index contributed by atoms with van der Waals surface area (Å²) in [4.78, 5) is 11.8. The molecule has 0 fully saturated rings. The fraction of sp³-hybridized carbons (Fsp3) is 0.154. The fourth-order valence-electron chi connectivity index (χ4n) is 1.74. The van der Waals surface area contributed by atoms with E-state index in [4.69, 9.17) is 8.83 Å². The summed E-state index contributed by atoms with van der Waals surface area (Å²) in [6.07, 6.45) is 4.72. The molecule has 0 atom stereocenters. The predicted octanol–water partition coefficient (Wildman–Crippen LogP) is 1.60. The van der Waals surface area contributed by atoms with Crippen molar-refractivity contribution >= 4 is 5.91 Å². The van der Waals surface area contributed by atoms with Gasteiger partial charge in [0, 0.05) is 7.05 Å². The number of rotatable bonds is 4. The quantitative estimate of drug-likeness (QED) is 0.779. The van der Waals surface area contributed by atoms with E-state index in [1.807, 2.05) is 6.07 Å². The van der Waals surface area contributed by atoms with Gasteiger partial charge >= 0.3 is 0 Å². The smallest absolute Gasteiger partial charge is 0.273 e. The van der Waals surface area contributed by atoms with Crippen LogP contribution >= 0.6 is 0 Å². The molecule has 0 bridgehead atoms. The van der Waals surface area contributed by atoms with Crippen molar-refractivity contribution in [2.45, 2.75) is 6.54 Å². The zero-order valence-electron chi connectivity index (χ0n) is 10.7. The van der Waals surface area contributed by atoms with Crippen molar-refractivity contribution in [3.8, 4) is 11.3 Å². The Hall–Kier alpha value is -2.83. The molecule has 3 rings (SSSR count). The second kappa shape index (κ2) is 5.04. The van der Waals surface area contributed by atoms with E-state index in [-0.39, 0.29) is 18.1 Å². The summed E-state index contributed by atoms with van der Waals surface area (Å²) < 4.78 is 12.1. The van der Waals surface area contributed by atoms with Gasteiger partial charge in [-0.15, -0.1) is 5.10 Å². The molecule has 0 aromatic carbocycles. The van der Waals surface area contributed by atoms with Gasteiger partial charge in [0.15, 0.2) is 5.69 Å². The molecule has 0 unspecified atom stereocenters. The molecule has 0 radical (unpaired) electrons. The average Bonchev–Trinajstić information content (AvgIpc) is 3.16. The second-order valence-corrected chi connectivity index (χ2v) is 4.24. The van der Waals surface area contributed by atoms with Gasteiger partial charge in [0.05, 0.1) is 24.6 Å². The van der Waals surface area contributed by atoms with Crippen LogP contribution in [0.1, 0.15) is 16.2 Å². The number of furan rings is 2. The highest BCUT2D eigenvalue weighted by atomic mass is 16.3. The van der Waals surface area contributed by atoms with E-state index in [1.165, 1.54) is 4.68 Å². The maximum Gasteiger partial charge on any atom is 0.273 e. The van der Waals surface area contributed by atoms with E-state index in [9.17, 15) is 4.79 Å². The Morgan fingerprint density at radius 3 is 3.00 bits per heavy atom. The molecule has 3 aromatic rings. The van der Waals surface area contributed by atoms with Crippen molar-refractivity contribution in [3.05, 3.63) is 48.4 Å². The number of aromatic nitrogens is 3. The average molecular weight is 272 g/mol. The van der Waals surface area contributed by atoms with Crippen LogP contribution in [0.4, 0.5) is 0 Å². The highest BCUT2D eigenvalue weighted by Crippen LogP contribution is 2.22. The standard InChI is InChI=1S/C13H12N4O3/c1-17-7-11(15-16-17)13(18)14-6-10-2-3-12(20-10)9-4-5-19-8-9/h2-5,7-8H,6H2,1H3,(H,14,18). The van der Waals surface area contributed by atoms with Gasteiger partial charge in [-0.3, -0.25) is 9.48 Å². The molecule has 0 aliphatic carbocycles. The van der Waals surface area contributed by atoms with Crippen LogP contribution in [0.3, 0.4) is 0 Å². The van der Waals surface area contributed by atoms with Crippen molar-refractivity contribution < 1.29 is 13.6 Å². The summed E-state index contributed by atoms with van der Waals surface area (Å²) in [5.41, 5.74) is 1.13. The fourth-order valence-corrected chi connectivity index (χ4v) is 1.74. The molecule has 0 spiro atoms. The molecule has 20 heavy (non-hydrogen) atoms. The monoisotopic (exact) mass is 272 g/mol. The molecular formula is C13H12N4O3. The SMILES string of the molecule is Cn1cc(C(=O)NCc2ccc(-c3ccoc3)o2)nn1. The third-order valence-corrected chi connectivity index (χ3v) is 2.73. The number of carbonyl (C=O) groups is 1. The molecule has 0 saturated carbocycles. The Balaban J connectivity index is 1.63. The molecule has 7 heteroatoms. The molecule has 3 aromatic heterocycles. The van der Waals surface area contributed by atoms with Crippen LogP contribution < -0.4 is 5.32 Å². The van der Waals surface area contributed by atoms with Gasteiger partial charge < -0.3 is 14.2 Å². The minimum atomic E-state index is -0.292.